The summed E-state index contributed by atoms with van der Waals surface area (Å²) in [4.78, 5) is 23.6. The molecule has 0 spiro atoms. The van der Waals surface area contributed by atoms with Crippen LogP contribution in [0.4, 0.5) is 5.69 Å². The van der Waals surface area contributed by atoms with Crippen LogP contribution in [0.2, 0.25) is 0 Å². The van der Waals surface area contributed by atoms with Crippen LogP contribution in [0.1, 0.15) is 21.5 Å². The Hall–Kier alpha value is -2.86. The van der Waals surface area contributed by atoms with Gasteiger partial charge in [-0.3, -0.25) is 4.79 Å². The number of hydrogen-bond donors (Lipinski definition) is 2. The van der Waals surface area contributed by atoms with Gasteiger partial charge in [-0.05, 0) is 36.2 Å². The van der Waals surface area contributed by atoms with Gasteiger partial charge in [0.2, 0.25) is 5.91 Å². The van der Waals surface area contributed by atoms with Crippen LogP contribution in [-0.2, 0) is 16.0 Å². The number of ether oxygens (including phenoxy) is 2. The summed E-state index contributed by atoms with van der Waals surface area (Å²) >= 11 is 0. The number of benzene rings is 2. The molecule has 0 aliphatic carbocycles. The van der Waals surface area contributed by atoms with Crippen LogP contribution in [0.5, 0.6) is 5.75 Å². The minimum absolute atomic E-state index is 0.0339. The lowest BCUT2D eigenvalue weighted by Gasteiger charge is -2.13. The third kappa shape index (κ3) is 5.32. The molecule has 132 valence electrons. The Morgan fingerprint density at radius 2 is 1.88 bits per heavy atom. The molecule has 0 radical (unpaired) electrons. The van der Waals surface area contributed by atoms with E-state index in [0.717, 1.165) is 5.56 Å². The van der Waals surface area contributed by atoms with E-state index in [1.54, 1.807) is 31.4 Å². The predicted octanol–water partition coefficient (Wildman–Crippen LogP) is 2.90. The van der Waals surface area contributed by atoms with E-state index in [0.29, 0.717) is 30.2 Å². The second-order valence-electron chi connectivity index (χ2n) is 5.53. The molecular weight excluding hydrogens is 322 g/mol. The van der Waals surface area contributed by atoms with Gasteiger partial charge in [0, 0.05) is 7.11 Å². The number of aryl methyl sites for hydroxylation is 1. The molecule has 2 aromatic rings. The predicted molar refractivity (Wildman–Crippen MR) is 94.3 cm³/mol. The second-order valence-corrected chi connectivity index (χ2v) is 5.53. The lowest BCUT2D eigenvalue weighted by molar-refractivity contribution is -0.115. The lowest BCUT2D eigenvalue weighted by Crippen LogP contribution is -2.17. The van der Waals surface area contributed by atoms with Crippen LogP contribution in [0.15, 0.2) is 42.5 Å². The van der Waals surface area contributed by atoms with E-state index in [-0.39, 0.29) is 17.9 Å². The molecule has 0 saturated carbocycles. The quantitative estimate of drug-likeness (QED) is 0.720. The highest BCUT2D eigenvalue weighted by atomic mass is 16.5. The number of hydrogen-bond acceptors (Lipinski definition) is 4. The Labute approximate surface area is 146 Å². The molecule has 2 rings (SSSR count). The molecule has 0 aromatic heterocycles. The van der Waals surface area contributed by atoms with Gasteiger partial charge in [-0.25, -0.2) is 4.79 Å². The van der Waals surface area contributed by atoms with Gasteiger partial charge in [-0.15, -0.1) is 0 Å². The van der Waals surface area contributed by atoms with Crippen LogP contribution in [0.3, 0.4) is 0 Å². The zero-order chi connectivity index (χ0) is 18.2. The van der Waals surface area contributed by atoms with E-state index in [1.165, 1.54) is 6.07 Å². The van der Waals surface area contributed by atoms with Crippen LogP contribution < -0.4 is 10.1 Å². The van der Waals surface area contributed by atoms with Gasteiger partial charge in [-0.2, -0.15) is 0 Å². The normalized spacial score (nSPS) is 10.3. The molecule has 0 bridgehead atoms. The molecule has 1 amide bonds. The molecule has 0 heterocycles. The van der Waals surface area contributed by atoms with Crippen LogP contribution in [0, 0.1) is 6.92 Å². The van der Waals surface area contributed by atoms with Crippen molar-refractivity contribution in [2.24, 2.45) is 0 Å². The number of carbonyl (C=O) groups excluding carboxylic acids is 1. The van der Waals surface area contributed by atoms with Crippen molar-refractivity contribution in [1.29, 1.82) is 0 Å². The maximum atomic E-state index is 12.3. The molecule has 0 aliphatic heterocycles. The van der Waals surface area contributed by atoms with E-state index in [4.69, 9.17) is 9.47 Å². The van der Waals surface area contributed by atoms with Gasteiger partial charge >= 0.3 is 5.97 Å². The number of carboxylic acid groups (broad SMARTS) is 1. The second kappa shape index (κ2) is 8.84. The first kappa shape index (κ1) is 18.5. The molecule has 0 unspecified atom stereocenters. The number of nitrogens with one attached hydrogen (secondary N) is 1. The zero-order valence-corrected chi connectivity index (χ0v) is 14.2. The molecule has 25 heavy (non-hydrogen) atoms. The molecule has 0 atom stereocenters. The molecule has 6 heteroatoms. The highest BCUT2D eigenvalue weighted by Gasteiger charge is 2.14. The van der Waals surface area contributed by atoms with E-state index in [9.17, 15) is 14.7 Å². The highest BCUT2D eigenvalue weighted by molar-refractivity contribution is 5.96. The number of aromatic carboxylic acids is 1. The fraction of sp³-hybridized carbons (Fsp3) is 0.263. The molecular formula is C19H21NO5. The summed E-state index contributed by atoms with van der Waals surface area (Å²) in [7, 11) is 1.59. The SMILES string of the molecule is COCCOc1cc(C)ccc1NC(=O)Cc1ccccc1C(=O)O. The average molecular weight is 343 g/mol. The van der Waals surface area contributed by atoms with Gasteiger partial charge in [0.05, 0.1) is 24.3 Å². The number of carbonyl (C=O) groups is 2. The third-order valence-corrected chi connectivity index (χ3v) is 3.56. The Kier molecular flexibility index (Phi) is 6.54. The first-order chi connectivity index (χ1) is 12.0. The van der Waals surface area contributed by atoms with Crippen molar-refractivity contribution in [1.82, 2.24) is 0 Å². The number of amides is 1. The number of rotatable bonds is 8. The van der Waals surface area contributed by atoms with E-state index in [2.05, 4.69) is 5.32 Å². The fourth-order valence-electron chi connectivity index (χ4n) is 2.34. The minimum Gasteiger partial charge on any atom is -0.489 e. The van der Waals surface area contributed by atoms with Gasteiger partial charge in [0.15, 0.2) is 0 Å². The van der Waals surface area contributed by atoms with Gasteiger partial charge in [-0.1, -0.05) is 24.3 Å². The third-order valence-electron chi connectivity index (χ3n) is 3.56. The summed E-state index contributed by atoms with van der Waals surface area (Å²) in [5.74, 6) is -0.812. The van der Waals surface area contributed by atoms with Crippen molar-refractivity contribution in [3.05, 3.63) is 59.2 Å². The van der Waals surface area contributed by atoms with Crippen molar-refractivity contribution >= 4 is 17.6 Å². The minimum atomic E-state index is -1.05. The zero-order valence-electron chi connectivity index (χ0n) is 14.2. The maximum absolute atomic E-state index is 12.3. The number of anilines is 1. The molecule has 2 aromatic carbocycles. The van der Waals surface area contributed by atoms with Crippen molar-refractivity contribution in [2.45, 2.75) is 13.3 Å². The molecule has 0 fully saturated rings. The molecule has 0 saturated heterocycles. The van der Waals surface area contributed by atoms with Gasteiger partial charge < -0.3 is 19.9 Å². The van der Waals surface area contributed by atoms with Crippen molar-refractivity contribution in [2.75, 3.05) is 25.6 Å². The van der Waals surface area contributed by atoms with Gasteiger partial charge in [0.25, 0.3) is 0 Å². The Balaban J connectivity index is 2.11. The smallest absolute Gasteiger partial charge is 0.335 e. The highest BCUT2D eigenvalue weighted by Crippen LogP contribution is 2.26. The van der Waals surface area contributed by atoms with Crippen LogP contribution in [-0.4, -0.2) is 37.3 Å². The fourth-order valence-corrected chi connectivity index (χ4v) is 2.34. The van der Waals surface area contributed by atoms with Crippen LogP contribution >= 0.6 is 0 Å². The molecule has 2 N–H and O–H groups in total. The summed E-state index contributed by atoms with van der Waals surface area (Å²) in [5.41, 5.74) is 2.13. The van der Waals surface area contributed by atoms with E-state index >= 15 is 0 Å². The summed E-state index contributed by atoms with van der Waals surface area (Å²) in [6, 6.07) is 11.9. The van der Waals surface area contributed by atoms with Crippen molar-refractivity contribution in [3.8, 4) is 5.75 Å². The summed E-state index contributed by atoms with van der Waals surface area (Å²) < 4.78 is 10.6. The largest absolute Gasteiger partial charge is 0.489 e. The van der Waals surface area contributed by atoms with Crippen molar-refractivity contribution < 1.29 is 24.2 Å². The summed E-state index contributed by atoms with van der Waals surface area (Å²) in [5, 5.41) is 12.0. The Morgan fingerprint density at radius 3 is 2.60 bits per heavy atom. The van der Waals surface area contributed by atoms with Gasteiger partial charge in [0.1, 0.15) is 12.4 Å². The average Bonchev–Trinajstić information content (AvgIpc) is 2.57. The van der Waals surface area contributed by atoms with E-state index < -0.39 is 5.97 Å². The molecule has 0 aliphatic rings. The Bertz CT molecular complexity index is 757. The summed E-state index contributed by atoms with van der Waals surface area (Å²) in [6.45, 7) is 2.73. The standard InChI is InChI=1S/C19H21NO5/c1-13-7-8-16(17(11-13)25-10-9-24-2)20-18(21)12-14-5-3-4-6-15(14)19(22)23/h3-8,11H,9-10,12H2,1-2H3,(H,20,21)(H,22,23). The summed E-state index contributed by atoms with van der Waals surface area (Å²) in [6.07, 6.45) is -0.0339. The first-order valence-electron chi connectivity index (χ1n) is 7.84. The number of carboxylic acids is 1. The monoisotopic (exact) mass is 343 g/mol. The maximum Gasteiger partial charge on any atom is 0.335 e. The Morgan fingerprint density at radius 1 is 1.12 bits per heavy atom. The van der Waals surface area contributed by atoms with E-state index in [1.807, 2.05) is 19.1 Å². The topological polar surface area (TPSA) is 84.9 Å². The molecule has 6 nitrogen and oxygen atoms in total. The first-order valence-corrected chi connectivity index (χ1v) is 7.84. The van der Waals surface area contributed by atoms with Crippen molar-refractivity contribution in [3.63, 3.8) is 0 Å². The lowest BCUT2D eigenvalue weighted by atomic mass is 10.0. The van der Waals surface area contributed by atoms with Crippen LogP contribution in [0.25, 0.3) is 0 Å². The number of methoxy groups -OCH3 is 1.